The van der Waals surface area contributed by atoms with E-state index in [1.54, 1.807) is 18.3 Å². The summed E-state index contributed by atoms with van der Waals surface area (Å²) < 4.78 is 0. The van der Waals surface area contributed by atoms with Crippen LogP contribution in [0.25, 0.3) is 0 Å². The Kier molecular flexibility index (Phi) is 4.88. The van der Waals surface area contributed by atoms with Gasteiger partial charge in [-0.2, -0.15) is 5.26 Å². The van der Waals surface area contributed by atoms with E-state index in [-0.39, 0.29) is 5.56 Å². The fraction of sp³-hybridized carbons (Fsp3) is 0.353. The van der Waals surface area contributed by atoms with Crippen LogP contribution in [-0.2, 0) is 0 Å². The highest BCUT2D eigenvalue weighted by Crippen LogP contribution is 2.25. The molecule has 24 heavy (non-hydrogen) atoms. The third-order valence-corrected chi connectivity index (χ3v) is 5.18. The van der Waals surface area contributed by atoms with Gasteiger partial charge in [0.1, 0.15) is 0 Å². The largest absolute Gasteiger partial charge is 0.341 e. The number of benzene rings is 1. The van der Waals surface area contributed by atoms with Gasteiger partial charge in [-0.15, -0.1) is 0 Å². The first kappa shape index (κ1) is 16.6. The fourth-order valence-corrected chi connectivity index (χ4v) is 3.46. The Morgan fingerprint density at radius 1 is 1.38 bits per heavy atom. The Balaban J connectivity index is 1.73. The van der Waals surface area contributed by atoms with Crippen LogP contribution in [0, 0.1) is 11.3 Å². The van der Waals surface area contributed by atoms with Crippen molar-refractivity contribution in [3.05, 3.63) is 46.4 Å². The molecule has 7 heteroatoms. The predicted molar refractivity (Wildman–Crippen MR) is 94.4 cm³/mol. The molecule has 0 amide bonds. The third kappa shape index (κ3) is 3.61. The lowest BCUT2D eigenvalue weighted by Crippen LogP contribution is -2.32. The molecule has 2 heterocycles. The topological polar surface area (TPSA) is 76.0 Å². The van der Waals surface area contributed by atoms with Gasteiger partial charge in [-0.3, -0.25) is 9.78 Å². The summed E-state index contributed by atoms with van der Waals surface area (Å²) in [6, 6.07) is 9.71. The molecule has 6 nitrogen and oxygen atoms in total. The van der Waals surface area contributed by atoms with Crippen molar-refractivity contribution in [2.75, 3.05) is 32.1 Å². The van der Waals surface area contributed by atoms with Gasteiger partial charge >= 0.3 is 0 Å². The van der Waals surface area contributed by atoms with Crippen LogP contribution in [0.15, 0.2) is 45.0 Å². The van der Waals surface area contributed by atoms with Crippen LogP contribution in [0.3, 0.4) is 0 Å². The zero-order valence-electron chi connectivity index (χ0n) is 13.7. The minimum absolute atomic E-state index is 0.136. The molecule has 2 aromatic rings. The van der Waals surface area contributed by atoms with Gasteiger partial charge in [0.25, 0.3) is 5.56 Å². The number of rotatable bonds is 4. The van der Waals surface area contributed by atoms with Gasteiger partial charge in [-0.1, -0.05) is 11.8 Å². The number of nitrogens with one attached hydrogen (secondary N) is 1. The second-order valence-corrected chi connectivity index (χ2v) is 7.11. The van der Waals surface area contributed by atoms with Gasteiger partial charge in [-0.25, -0.2) is 4.98 Å². The minimum atomic E-state index is -0.136. The number of nitriles is 1. The molecule has 3 rings (SSSR count). The van der Waals surface area contributed by atoms with Gasteiger partial charge in [-0.05, 0) is 44.8 Å². The van der Waals surface area contributed by atoms with Crippen LogP contribution in [0.2, 0.25) is 0 Å². The maximum Gasteiger partial charge on any atom is 0.266 e. The second kappa shape index (κ2) is 7.07. The molecule has 1 N–H and O–H groups in total. The van der Waals surface area contributed by atoms with Gasteiger partial charge < -0.3 is 9.80 Å². The maximum absolute atomic E-state index is 12.3. The fourth-order valence-electron chi connectivity index (χ4n) is 2.69. The molecule has 0 spiro atoms. The molecule has 1 saturated heterocycles. The number of likely N-dealkylation sites (N-methyl/N-ethyl adjacent to an activating group) is 1. The van der Waals surface area contributed by atoms with Gasteiger partial charge in [0, 0.05) is 24.0 Å². The summed E-state index contributed by atoms with van der Waals surface area (Å²) in [5.74, 6) is 0.633. The first-order valence-electron chi connectivity index (χ1n) is 7.75. The number of anilines is 1. The normalized spacial score (nSPS) is 17.2. The number of H-pyrrole nitrogens is 1. The zero-order chi connectivity index (χ0) is 17.1. The number of hydrogen-bond acceptors (Lipinski definition) is 6. The summed E-state index contributed by atoms with van der Waals surface area (Å²) >= 11 is 1.35. The standard InChI is InChI=1S/C17H19N5OS/c1-21(2)13-7-8-22(11-13)17-19-10-15(16(23)20-17)24-14-5-3-12(9-18)4-6-14/h3-6,10,13H,7-8,11H2,1-2H3,(H,19,20,23)/t13-/m1/s1. The third-order valence-electron chi connectivity index (χ3n) is 4.16. The Labute approximate surface area is 145 Å². The first-order valence-corrected chi connectivity index (χ1v) is 8.57. The molecule has 0 bridgehead atoms. The van der Waals surface area contributed by atoms with E-state index in [4.69, 9.17) is 5.26 Å². The van der Waals surface area contributed by atoms with Crippen LogP contribution >= 0.6 is 11.8 Å². The molecule has 1 atom stereocenters. The highest BCUT2D eigenvalue weighted by Gasteiger charge is 2.25. The summed E-state index contributed by atoms with van der Waals surface area (Å²) in [4.78, 5) is 25.4. The molecular weight excluding hydrogens is 322 g/mol. The number of aromatic amines is 1. The van der Waals surface area contributed by atoms with E-state index in [9.17, 15) is 4.79 Å². The number of hydrogen-bond donors (Lipinski definition) is 1. The summed E-state index contributed by atoms with van der Waals surface area (Å²) in [6.07, 6.45) is 2.69. The van der Waals surface area contributed by atoms with E-state index >= 15 is 0 Å². The van der Waals surface area contributed by atoms with Crippen molar-refractivity contribution in [2.45, 2.75) is 22.3 Å². The molecule has 0 aliphatic carbocycles. The summed E-state index contributed by atoms with van der Waals surface area (Å²) in [7, 11) is 4.14. The van der Waals surface area contributed by atoms with E-state index in [2.05, 4.69) is 39.9 Å². The summed E-state index contributed by atoms with van der Waals surface area (Å²) in [5, 5.41) is 8.82. The van der Waals surface area contributed by atoms with Crippen LogP contribution < -0.4 is 10.5 Å². The predicted octanol–water partition coefficient (Wildman–Crippen LogP) is 1.93. The lowest BCUT2D eigenvalue weighted by atomic mass is 10.2. The van der Waals surface area contributed by atoms with E-state index < -0.39 is 0 Å². The summed E-state index contributed by atoms with van der Waals surface area (Å²) in [6.45, 7) is 1.77. The van der Waals surface area contributed by atoms with E-state index in [0.717, 1.165) is 24.4 Å². The van der Waals surface area contributed by atoms with Crippen molar-refractivity contribution >= 4 is 17.7 Å². The van der Waals surface area contributed by atoms with Crippen LogP contribution in [0.4, 0.5) is 5.95 Å². The molecule has 124 valence electrons. The zero-order valence-corrected chi connectivity index (χ0v) is 14.5. The molecule has 1 aliphatic rings. The van der Waals surface area contributed by atoms with Crippen molar-refractivity contribution in [3.63, 3.8) is 0 Å². The van der Waals surface area contributed by atoms with E-state index in [1.807, 2.05) is 12.1 Å². The number of nitrogens with zero attached hydrogens (tertiary/aromatic N) is 4. The molecule has 1 aliphatic heterocycles. The van der Waals surface area contributed by atoms with E-state index in [0.29, 0.717) is 22.4 Å². The lowest BCUT2D eigenvalue weighted by molar-refractivity contribution is 0.315. The first-order chi connectivity index (χ1) is 11.6. The van der Waals surface area contributed by atoms with Crippen LogP contribution in [-0.4, -0.2) is 48.1 Å². The van der Waals surface area contributed by atoms with Crippen LogP contribution in [0.5, 0.6) is 0 Å². The molecule has 0 unspecified atom stereocenters. The average molecular weight is 341 g/mol. The Bertz CT molecular complexity index is 809. The maximum atomic E-state index is 12.3. The van der Waals surface area contributed by atoms with Crippen molar-refractivity contribution < 1.29 is 0 Å². The molecule has 0 saturated carbocycles. The molecule has 0 radical (unpaired) electrons. The van der Waals surface area contributed by atoms with Crippen molar-refractivity contribution in [2.24, 2.45) is 0 Å². The number of aromatic nitrogens is 2. The van der Waals surface area contributed by atoms with E-state index in [1.165, 1.54) is 11.8 Å². The SMILES string of the molecule is CN(C)[C@@H]1CCN(c2ncc(Sc3ccc(C#N)cc3)c(=O)[nH]2)C1. The minimum Gasteiger partial charge on any atom is -0.341 e. The van der Waals surface area contributed by atoms with Gasteiger partial charge in [0.2, 0.25) is 5.95 Å². The molecular formula is C17H19N5OS. The quantitative estimate of drug-likeness (QED) is 0.916. The smallest absolute Gasteiger partial charge is 0.266 e. The van der Waals surface area contributed by atoms with Crippen molar-refractivity contribution in [3.8, 4) is 6.07 Å². The lowest BCUT2D eigenvalue weighted by Gasteiger charge is -2.20. The Hall–Kier alpha value is -2.30. The Morgan fingerprint density at radius 2 is 2.12 bits per heavy atom. The average Bonchev–Trinajstić information content (AvgIpc) is 3.08. The van der Waals surface area contributed by atoms with Crippen molar-refractivity contribution in [1.29, 1.82) is 5.26 Å². The second-order valence-electron chi connectivity index (χ2n) is 5.99. The Morgan fingerprint density at radius 3 is 2.71 bits per heavy atom. The van der Waals surface area contributed by atoms with Gasteiger partial charge in [0.05, 0.1) is 22.7 Å². The highest BCUT2D eigenvalue weighted by atomic mass is 32.2. The molecule has 1 fully saturated rings. The van der Waals surface area contributed by atoms with Gasteiger partial charge in [0.15, 0.2) is 0 Å². The molecule has 1 aromatic carbocycles. The summed E-state index contributed by atoms with van der Waals surface area (Å²) in [5.41, 5.74) is 0.467. The molecule has 1 aromatic heterocycles. The monoisotopic (exact) mass is 341 g/mol. The van der Waals surface area contributed by atoms with Crippen molar-refractivity contribution in [1.82, 2.24) is 14.9 Å². The van der Waals surface area contributed by atoms with Crippen LogP contribution in [0.1, 0.15) is 12.0 Å². The highest BCUT2D eigenvalue weighted by molar-refractivity contribution is 7.99.